The molecule has 7 aromatic carbocycles. The molecule has 3 fully saturated rings. The van der Waals surface area contributed by atoms with E-state index in [1.807, 2.05) is 64.1 Å². The number of ether oxygens (including phenoxy) is 4. The number of nitrogens with one attached hydrogen (secondary N) is 1. The molecule has 15 atom stereocenters. The summed E-state index contributed by atoms with van der Waals surface area (Å²) in [6.07, 6.45) is 5.01. The van der Waals surface area contributed by atoms with Crippen LogP contribution < -0.4 is 14.8 Å². The number of allylic oxidation sites excluding steroid dienone is 1. The van der Waals surface area contributed by atoms with Gasteiger partial charge in [0, 0.05) is 66.9 Å². The molecule has 0 aromatic heterocycles. The Morgan fingerprint density at radius 3 is 2.45 bits per heavy atom. The van der Waals surface area contributed by atoms with Crippen LogP contribution in [0.2, 0.25) is 0 Å². The van der Waals surface area contributed by atoms with E-state index < -0.39 is 76.1 Å². The number of aromatic hydroxyl groups is 3. The molecule has 12 bridgehead atoms. The van der Waals surface area contributed by atoms with Crippen LogP contribution in [0.1, 0.15) is 101 Å². The number of rotatable bonds is 4. The summed E-state index contributed by atoms with van der Waals surface area (Å²) < 4.78 is 26.8. The predicted octanol–water partition coefficient (Wildman–Crippen LogP) is 14.1. The molecular formula is C77H77NO11S4. The maximum absolute atomic E-state index is 17.3. The molecule has 12 nitrogen and oxygen atoms in total. The molecule has 3 saturated carbocycles. The highest BCUT2D eigenvalue weighted by atomic mass is 33.1. The van der Waals surface area contributed by atoms with Crippen molar-refractivity contribution in [3.05, 3.63) is 190 Å². The van der Waals surface area contributed by atoms with Gasteiger partial charge in [0.1, 0.15) is 30.0 Å². The van der Waals surface area contributed by atoms with Crippen molar-refractivity contribution >= 4 is 72.0 Å². The number of fused-ring (bicyclic) bond motifs is 12. The molecule has 0 saturated heterocycles. The molecule has 8 aliphatic rings. The third-order valence-electron chi connectivity index (χ3n) is 22.0. The van der Waals surface area contributed by atoms with Gasteiger partial charge in [0.2, 0.25) is 0 Å². The van der Waals surface area contributed by atoms with Gasteiger partial charge in [-0.3, -0.25) is 9.59 Å². The second-order valence-electron chi connectivity index (χ2n) is 27.2. The second-order valence-corrected chi connectivity index (χ2v) is 32.3. The quantitative estimate of drug-likeness (QED) is 0.0555. The van der Waals surface area contributed by atoms with E-state index in [2.05, 4.69) is 102 Å². The molecule has 5 aliphatic carbocycles. The number of carbonyl (C=O) groups is 2. The predicted molar refractivity (Wildman–Crippen MR) is 370 cm³/mol. The number of aliphatic hydroxyl groups excluding tert-OH is 2. The first-order chi connectivity index (χ1) is 45.2. The fraction of sp³-hybridized carbons (Fsp3) is 0.403. The minimum atomic E-state index is -1.30. The first-order valence-corrected chi connectivity index (χ1v) is 37.6. The van der Waals surface area contributed by atoms with E-state index in [9.17, 15) is 30.3 Å². The van der Waals surface area contributed by atoms with Gasteiger partial charge >= 0.3 is 11.9 Å². The van der Waals surface area contributed by atoms with Gasteiger partial charge in [-0.05, 0) is 201 Å². The van der Waals surface area contributed by atoms with Crippen LogP contribution in [0.5, 0.6) is 28.7 Å². The van der Waals surface area contributed by atoms with E-state index >= 15 is 4.79 Å². The minimum Gasteiger partial charge on any atom is -0.508 e. The molecule has 15 unspecified atom stereocenters. The number of phenolic OH excluding ortho intramolecular Hbond substituents is 3. The molecule has 1 spiro atoms. The SMILES string of the molecule is COc1cc2c(cc1O)C1CC(O)C3Cc4cc(O)c5cc4C4CC(CC(OC(C)=O)C(C2)C1(C=Cc1ccccc1)C43)OC(=O)C12CC3C#CC(CNCc4cccc(c4)-c4cc(O)cc6ccc1cc46)Cc1ccccc1CSSCC3C(CSSC(O)CO5)C2. The molecule has 93 heavy (non-hydrogen) atoms. The summed E-state index contributed by atoms with van der Waals surface area (Å²) in [5.74, 6) is 7.22. The van der Waals surface area contributed by atoms with E-state index in [4.69, 9.17) is 18.9 Å². The largest absolute Gasteiger partial charge is 0.508 e. The van der Waals surface area contributed by atoms with Crippen molar-refractivity contribution in [1.29, 1.82) is 0 Å². The lowest BCUT2D eigenvalue weighted by atomic mass is 9.40. The summed E-state index contributed by atoms with van der Waals surface area (Å²) in [5.41, 5.74) is 7.57. The number of methoxy groups -OCH3 is 1. The van der Waals surface area contributed by atoms with Crippen LogP contribution >= 0.6 is 43.2 Å². The van der Waals surface area contributed by atoms with Crippen LogP contribution in [-0.4, -0.2) is 93.0 Å². The Morgan fingerprint density at radius 2 is 1.60 bits per heavy atom. The lowest BCUT2D eigenvalue weighted by Crippen LogP contribution is -2.62. The number of phenols is 3. The topological polar surface area (TPSA) is 184 Å². The van der Waals surface area contributed by atoms with Gasteiger partial charge in [-0.25, -0.2) is 0 Å². The Labute approximate surface area is 559 Å². The highest BCUT2D eigenvalue weighted by Crippen LogP contribution is 2.70. The molecule has 7 aromatic rings. The Kier molecular flexibility index (Phi) is 17.3. The Bertz CT molecular complexity index is 4130. The van der Waals surface area contributed by atoms with Crippen molar-refractivity contribution in [2.45, 2.75) is 112 Å². The average molecular weight is 1320 g/mol. The zero-order valence-corrected chi connectivity index (χ0v) is 55.3. The molecule has 480 valence electrons. The van der Waals surface area contributed by atoms with Crippen LogP contribution in [0.3, 0.4) is 0 Å². The zero-order chi connectivity index (χ0) is 63.7. The fourth-order valence-corrected chi connectivity index (χ4v) is 23.0. The molecule has 16 heteroatoms. The minimum absolute atomic E-state index is 0.00892. The highest BCUT2D eigenvalue weighted by molar-refractivity contribution is 8.77. The van der Waals surface area contributed by atoms with Crippen molar-refractivity contribution in [1.82, 2.24) is 5.32 Å². The zero-order valence-electron chi connectivity index (χ0n) is 52.1. The maximum Gasteiger partial charge on any atom is 0.316 e. The third-order valence-corrected chi connectivity index (χ3v) is 27.0. The molecule has 15 rings (SSSR count). The molecular weight excluding hydrogens is 1240 g/mol. The monoisotopic (exact) mass is 1320 g/mol. The lowest BCUT2D eigenvalue weighted by molar-refractivity contribution is -0.179. The van der Waals surface area contributed by atoms with Gasteiger partial charge in [0.25, 0.3) is 0 Å². The molecule has 3 aliphatic heterocycles. The number of hydrogen-bond donors (Lipinski definition) is 6. The Balaban J connectivity index is 0.953. The lowest BCUT2D eigenvalue weighted by Gasteiger charge is -2.64. The van der Waals surface area contributed by atoms with Crippen LogP contribution in [0.15, 0.2) is 140 Å². The second kappa shape index (κ2) is 25.8. The smallest absolute Gasteiger partial charge is 0.316 e. The molecule has 3 heterocycles. The number of benzene rings is 7. The molecule has 6 N–H and O–H groups in total. The number of hydrogen-bond acceptors (Lipinski definition) is 16. The van der Waals surface area contributed by atoms with Crippen molar-refractivity contribution in [2.75, 3.05) is 31.8 Å². The maximum atomic E-state index is 17.3. The van der Waals surface area contributed by atoms with Crippen LogP contribution in [0.25, 0.3) is 28.0 Å². The summed E-state index contributed by atoms with van der Waals surface area (Å²) in [6.45, 7) is 2.58. The van der Waals surface area contributed by atoms with Crippen LogP contribution in [-0.2, 0) is 56.0 Å². The van der Waals surface area contributed by atoms with E-state index in [0.29, 0.717) is 56.7 Å². The van der Waals surface area contributed by atoms with E-state index in [-0.39, 0.29) is 66.1 Å². The number of aliphatic hydroxyl groups is 2. The standard InChI is InChI=1S/C77H77NO11S4/c1-43(79)88-70-31-57-30-62-60-33-72(68(82)26-52(60)24-63-67(81)34-65-61-32-69(83)71(86-2)27-53(61)25-66(70)77(65,74(62)63)20-19-44-9-4-3-5-10-44)87-39-73(84)93-92-41-54-36-76(75(85)89-57)35-50-16-15-46(21-47-12-6-7-13-51(47)40-90-91-42-64(50)54)38-78-37-45-11-8-14-48(22-45)59-29-56(80)23-49-17-18-55(76)28-58(49)59/h3-14,17-20,22-23,26-29,32-33,46,50,54,57,62-67,70,73-74,78,80-84H,21,24-25,30-31,34-42H2,1-2H3. The summed E-state index contributed by atoms with van der Waals surface area (Å²) in [4.78, 5) is 31.4. The number of esters is 2. The van der Waals surface area contributed by atoms with E-state index in [1.165, 1.54) is 36.0 Å². The summed E-state index contributed by atoms with van der Waals surface area (Å²) in [7, 11) is 8.14. The van der Waals surface area contributed by atoms with Crippen molar-refractivity contribution in [3.63, 3.8) is 0 Å². The summed E-state index contributed by atoms with van der Waals surface area (Å²) in [6, 6.07) is 44.5. The van der Waals surface area contributed by atoms with Crippen LogP contribution in [0, 0.1) is 58.7 Å². The fourth-order valence-electron chi connectivity index (χ4n) is 18.0. The number of carbonyl (C=O) groups excluding carboxylic acids is 2. The van der Waals surface area contributed by atoms with Crippen molar-refractivity contribution in [2.24, 2.45) is 46.8 Å². The Hall–Kier alpha value is -6.68. The summed E-state index contributed by atoms with van der Waals surface area (Å²) >= 11 is 0. The van der Waals surface area contributed by atoms with E-state index in [0.717, 1.165) is 78.8 Å². The molecule has 0 amide bonds. The highest BCUT2D eigenvalue weighted by Gasteiger charge is 2.66. The van der Waals surface area contributed by atoms with Crippen molar-refractivity contribution < 1.29 is 54.1 Å². The first-order valence-electron chi connectivity index (χ1n) is 32.8. The summed E-state index contributed by atoms with van der Waals surface area (Å²) in [5, 5.41) is 65.8. The normalized spacial score (nSPS) is 31.4. The average Bonchev–Trinajstić information content (AvgIpc) is 0.701. The third kappa shape index (κ3) is 11.8. The Morgan fingerprint density at radius 1 is 0.763 bits per heavy atom. The molecule has 0 radical (unpaired) electrons. The van der Waals surface area contributed by atoms with E-state index in [1.54, 1.807) is 29.0 Å². The first kappa shape index (κ1) is 62.4. The van der Waals surface area contributed by atoms with Gasteiger partial charge in [-0.15, -0.1) is 0 Å². The van der Waals surface area contributed by atoms with Gasteiger partial charge in [0.15, 0.2) is 23.0 Å². The van der Waals surface area contributed by atoms with Gasteiger partial charge in [-0.1, -0.05) is 152 Å². The van der Waals surface area contributed by atoms with Gasteiger partial charge < -0.3 is 49.8 Å². The van der Waals surface area contributed by atoms with Crippen molar-refractivity contribution in [3.8, 4) is 51.7 Å². The van der Waals surface area contributed by atoms with Crippen LogP contribution in [0.4, 0.5) is 0 Å². The van der Waals surface area contributed by atoms with Gasteiger partial charge in [0.05, 0.1) is 18.6 Å². The van der Waals surface area contributed by atoms with Gasteiger partial charge in [-0.2, -0.15) is 0 Å².